The van der Waals surface area contributed by atoms with E-state index in [2.05, 4.69) is 27.9 Å². The van der Waals surface area contributed by atoms with Crippen LogP contribution in [-0.2, 0) is 4.79 Å². The molecule has 26 heavy (non-hydrogen) atoms. The lowest BCUT2D eigenvalue weighted by atomic mass is 10.2. The van der Waals surface area contributed by atoms with Crippen LogP contribution in [0.4, 0.5) is 10.5 Å². The number of hydrogen-bond acceptors (Lipinski definition) is 6. The summed E-state index contributed by atoms with van der Waals surface area (Å²) in [5.74, 6) is 1.01. The molecular weight excluding hydrogens is 467 g/mol. The molecule has 0 bridgehead atoms. The van der Waals surface area contributed by atoms with E-state index < -0.39 is 0 Å². The number of ether oxygens (including phenoxy) is 2. The molecule has 0 unspecified atom stereocenters. The Morgan fingerprint density at radius 2 is 1.88 bits per heavy atom. The largest absolute Gasteiger partial charge is 0.454 e. The molecule has 1 saturated heterocycles. The van der Waals surface area contributed by atoms with Gasteiger partial charge in [-0.25, -0.2) is 0 Å². The van der Waals surface area contributed by atoms with Crippen molar-refractivity contribution in [3.8, 4) is 11.5 Å². The lowest BCUT2D eigenvalue weighted by molar-refractivity contribution is -0.122. The highest BCUT2D eigenvalue weighted by atomic mass is 127. The summed E-state index contributed by atoms with van der Waals surface area (Å²) >= 11 is 3.15. The quantitative estimate of drug-likeness (QED) is 0.525. The zero-order chi connectivity index (χ0) is 18.1. The summed E-state index contributed by atoms with van der Waals surface area (Å²) in [6, 6.07) is 13.1. The number of benzene rings is 2. The van der Waals surface area contributed by atoms with Crippen LogP contribution in [0, 0.1) is 3.57 Å². The van der Waals surface area contributed by atoms with Gasteiger partial charge in [-0.2, -0.15) is 0 Å². The standard InChI is InChI=1S/C18H13IN2O4S/c19-12-2-4-13(5-3-12)20-9-21-17(22)16(26-18(21)23)8-11-1-6-14-15(7-11)25-10-24-14/h1-8,20H,9-10H2/b16-8+. The minimum atomic E-state index is -0.310. The van der Waals surface area contributed by atoms with E-state index in [1.807, 2.05) is 30.3 Å². The fourth-order valence-corrected chi connectivity index (χ4v) is 3.73. The summed E-state index contributed by atoms with van der Waals surface area (Å²) in [7, 11) is 0. The van der Waals surface area contributed by atoms with E-state index in [0.717, 1.165) is 26.6 Å². The minimum Gasteiger partial charge on any atom is -0.454 e. The lowest BCUT2D eigenvalue weighted by Crippen LogP contribution is -2.33. The number of fused-ring (bicyclic) bond motifs is 1. The monoisotopic (exact) mass is 480 g/mol. The Labute approximate surface area is 167 Å². The second kappa shape index (κ2) is 7.20. The Bertz CT molecular complexity index is 914. The number of nitrogens with one attached hydrogen (secondary N) is 1. The molecule has 1 N–H and O–H groups in total. The fourth-order valence-electron chi connectivity index (χ4n) is 2.53. The van der Waals surface area contributed by atoms with E-state index in [1.165, 1.54) is 4.90 Å². The molecule has 2 aromatic rings. The molecule has 132 valence electrons. The Kier molecular flexibility index (Phi) is 4.77. The van der Waals surface area contributed by atoms with Crippen molar-refractivity contribution in [2.45, 2.75) is 0 Å². The van der Waals surface area contributed by atoms with Gasteiger partial charge >= 0.3 is 0 Å². The fraction of sp³-hybridized carbons (Fsp3) is 0.111. The third-order valence-corrected chi connectivity index (χ3v) is 5.48. The van der Waals surface area contributed by atoms with Crippen molar-refractivity contribution < 1.29 is 19.1 Å². The number of rotatable bonds is 4. The Hall–Kier alpha value is -2.20. The van der Waals surface area contributed by atoms with Gasteiger partial charge in [-0.1, -0.05) is 6.07 Å². The van der Waals surface area contributed by atoms with Gasteiger partial charge in [0.1, 0.15) is 0 Å². The van der Waals surface area contributed by atoms with Crippen LogP contribution < -0.4 is 14.8 Å². The number of carbonyl (C=O) groups excluding carboxylic acids is 2. The number of thioether (sulfide) groups is 1. The number of nitrogens with zero attached hydrogens (tertiary/aromatic N) is 1. The highest BCUT2D eigenvalue weighted by Gasteiger charge is 2.34. The molecule has 2 amide bonds. The first-order valence-electron chi connectivity index (χ1n) is 7.74. The normalized spacial score (nSPS) is 17.3. The molecule has 0 radical (unpaired) electrons. The second-order valence-corrected chi connectivity index (χ2v) is 7.80. The molecule has 1 fully saturated rings. The van der Waals surface area contributed by atoms with Gasteiger partial charge in [-0.05, 0) is 82.4 Å². The maximum absolute atomic E-state index is 12.5. The molecule has 0 spiro atoms. The van der Waals surface area contributed by atoms with E-state index in [4.69, 9.17) is 9.47 Å². The molecular formula is C18H13IN2O4S. The molecule has 0 atom stereocenters. The summed E-state index contributed by atoms with van der Waals surface area (Å²) < 4.78 is 11.7. The SMILES string of the molecule is O=C1S/C(=C/c2ccc3c(c2)OCO3)C(=O)N1CNc1ccc(I)cc1. The van der Waals surface area contributed by atoms with Gasteiger partial charge in [0.05, 0.1) is 11.6 Å². The smallest absolute Gasteiger partial charge is 0.295 e. The van der Waals surface area contributed by atoms with Gasteiger partial charge in [0.2, 0.25) is 6.79 Å². The van der Waals surface area contributed by atoms with Gasteiger partial charge in [0, 0.05) is 9.26 Å². The molecule has 0 saturated carbocycles. The van der Waals surface area contributed by atoms with Crippen LogP contribution in [0.3, 0.4) is 0 Å². The summed E-state index contributed by atoms with van der Waals surface area (Å²) in [6.07, 6.45) is 1.69. The van der Waals surface area contributed by atoms with Crippen molar-refractivity contribution in [1.82, 2.24) is 4.90 Å². The first-order chi connectivity index (χ1) is 12.6. The average molecular weight is 480 g/mol. The van der Waals surface area contributed by atoms with Crippen LogP contribution in [-0.4, -0.2) is 29.5 Å². The number of amides is 2. The number of carbonyl (C=O) groups is 2. The van der Waals surface area contributed by atoms with Crippen LogP contribution in [0.15, 0.2) is 47.4 Å². The average Bonchev–Trinajstić information content (AvgIpc) is 3.20. The molecule has 4 rings (SSSR count). The van der Waals surface area contributed by atoms with Crippen molar-refractivity contribution in [2.24, 2.45) is 0 Å². The first-order valence-corrected chi connectivity index (χ1v) is 9.64. The zero-order valence-corrected chi connectivity index (χ0v) is 16.4. The van der Waals surface area contributed by atoms with Gasteiger partial charge in [-0.3, -0.25) is 14.5 Å². The second-order valence-electron chi connectivity index (χ2n) is 5.56. The molecule has 2 aromatic carbocycles. The molecule has 6 nitrogen and oxygen atoms in total. The van der Waals surface area contributed by atoms with Crippen LogP contribution in [0.25, 0.3) is 6.08 Å². The maximum atomic E-state index is 12.5. The van der Waals surface area contributed by atoms with E-state index in [-0.39, 0.29) is 24.6 Å². The third-order valence-electron chi connectivity index (χ3n) is 3.85. The van der Waals surface area contributed by atoms with Gasteiger partial charge in [-0.15, -0.1) is 0 Å². The first kappa shape index (κ1) is 17.2. The predicted octanol–water partition coefficient (Wildman–Crippen LogP) is 4.13. The van der Waals surface area contributed by atoms with E-state index in [1.54, 1.807) is 18.2 Å². The highest BCUT2D eigenvalue weighted by molar-refractivity contribution is 14.1. The minimum absolute atomic E-state index is 0.129. The van der Waals surface area contributed by atoms with Crippen molar-refractivity contribution in [1.29, 1.82) is 0 Å². The van der Waals surface area contributed by atoms with Crippen LogP contribution in [0.5, 0.6) is 11.5 Å². The molecule has 2 aliphatic heterocycles. The van der Waals surface area contributed by atoms with Crippen LogP contribution >= 0.6 is 34.4 Å². The van der Waals surface area contributed by atoms with E-state index in [9.17, 15) is 9.59 Å². The van der Waals surface area contributed by atoms with E-state index in [0.29, 0.717) is 16.4 Å². The van der Waals surface area contributed by atoms with Crippen molar-refractivity contribution in [3.63, 3.8) is 0 Å². The Morgan fingerprint density at radius 3 is 2.69 bits per heavy atom. The predicted molar refractivity (Wildman–Crippen MR) is 108 cm³/mol. The van der Waals surface area contributed by atoms with Crippen molar-refractivity contribution >= 4 is 57.3 Å². The summed E-state index contributed by atoms with van der Waals surface area (Å²) in [4.78, 5) is 26.3. The van der Waals surface area contributed by atoms with E-state index >= 15 is 0 Å². The highest BCUT2D eigenvalue weighted by Crippen LogP contribution is 2.36. The number of imide groups is 1. The molecule has 0 aromatic heterocycles. The molecule has 2 heterocycles. The number of hydrogen-bond donors (Lipinski definition) is 1. The van der Waals surface area contributed by atoms with Crippen LogP contribution in [0.2, 0.25) is 0 Å². The van der Waals surface area contributed by atoms with Gasteiger partial charge in [0.25, 0.3) is 11.1 Å². The third kappa shape index (κ3) is 3.51. The molecule has 0 aliphatic carbocycles. The summed E-state index contributed by atoms with van der Waals surface area (Å²) in [5, 5.41) is 2.81. The summed E-state index contributed by atoms with van der Waals surface area (Å²) in [5.41, 5.74) is 1.63. The van der Waals surface area contributed by atoms with Crippen LogP contribution in [0.1, 0.15) is 5.56 Å². The maximum Gasteiger partial charge on any atom is 0.295 e. The van der Waals surface area contributed by atoms with Gasteiger partial charge < -0.3 is 14.8 Å². The number of halogens is 1. The molecule has 2 aliphatic rings. The zero-order valence-electron chi connectivity index (χ0n) is 13.4. The van der Waals surface area contributed by atoms with Gasteiger partial charge in [0.15, 0.2) is 11.5 Å². The molecule has 8 heteroatoms. The van der Waals surface area contributed by atoms with Crippen molar-refractivity contribution in [2.75, 3.05) is 18.8 Å². The van der Waals surface area contributed by atoms with Crippen molar-refractivity contribution in [3.05, 3.63) is 56.5 Å². The number of anilines is 1. The topological polar surface area (TPSA) is 67.9 Å². The Balaban J connectivity index is 1.47. The summed E-state index contributed by atoms with van der Waals surface area (Å²) in [6.45, 7) is 0.323. The Morgan fingerprint density at radius 1 is 1.12 bits per heavy atom. The lowest BCUT2D eigenvalue weighted by Gasteiger charge is -2.14.